The molecular weight excluding hydrogens is 677 g/mol. The molecule has 52 heavy (non-hydrogen) atoms. The first-order chi connectivity index (χ1) is 25.3. The Kier molecular flexibility index (Phi) is 12.1. The number of aromatic nitrogens is 1. The molecule has 6 rings (SSSR count). The van der Waals surface area contributed by atoms with E-state index in [0.717, 1.165) is 33.2 Å². The van der Waals surface area contributed by atoms with Crippen molar-refractivity contribution in [2.45, 2.75) is 55.9 Å². The van der Waals surface area contributed by atoms with Crippen molar-refractivity contribution >= 4 is 46.4 Å². The molecule has 1 aliphatic rings. The van der Waals surface area contributed by atoms with Crippen molar-refractivity contribution in [2.75, 3.05) is 12.4 Å². The van der Waals surface area contributed by atoms with E-state index in [1.54, 1.807) is 6.92 Å². The Hall–Kier alpha value is -5.39. The van der Waals surface area contributed by atoms with Gasteiger partial charge in [0.05, 0.1) is 12.6 Å². The Morgan fingerprint density at radius 2 is 1.31 bits per heavy atom. The van der Waals surface area contributed by atoms with Gasteiger partial charge in [-0.05, 0) is 41.7 Å². The summed E-state index contributed by atoms with van der Waals surface area (Å²) in [5.74, 6) is -0.498. The van der Waals surface area contributed by atoms with Crippen molar-refractivity contribution in [3.05, 3.63) is 144 Å². The van der Waals surface area contributed by atoms with Crippen LogP contribution in [-0.2, 0) is 49.1 Å². The standard InChI is InChI=1S/C41H42N4O6S/c1-41(27-51-41)37(46)34(21-28-13-5-2-6-14-28)43-38(47)35(22-31-23-42-33-20-12-11-19-32(31)33)44-39(48)36(26-52-25-30-17-9-4-10-18-30)45-40(49)50-24-29-15-7-3-8-16-29/h2-20,23,34-36,42H,21-22,24-27H2,1H3,(H,43,47)(H,44,48)(H,45,49). The number of carbonyl (C=O) groups is 4. The van der Waals surface area contributed by atoms with Crippen LogP contribution in [0.3, 0.4) is 0 Å². The number of ether oxygens (including phenoxy) is 2. The highest BCUT2D eigenvalue weighted by Crippen LogP contribution is 2.29. The number of fused-ring (bicyclic) bond motifs is 1. The summed E-state index contributed by atoms with van der Waals surface area (Å²) in [5, 5.41) is 9.50. The average molecular weight is 719 g/mol. The van der Waals surface area contributed by atoms with E-state index in [9.17, 15) is 19.2 Å². The number of hydrogen-bond acceptors (Lipinski definition) is 7. The fourth-order valence-corrected chi connectivity index (χ4v) is 6.93. The summed E-state index contributed by atoms with van der Waals surface area (Å²) in [7, 11) is 0. The second-order valence-corrected chi connectivity index (χ2v) is 14.0. The minimum atomic E-state index is -1.09. The van der Waals surface area contributed by atoms with Gasteiger partial charge in [-0.3, -0.25) is 14.4 Å². The first kappa shape index (κ1) is 36.4. The summed E-state index contributed by atoms with van der Waals surface area (Å²) >= 11 is 1.47. The maximum Gasteiger partial charge on any atom is 0.408 e. The van der Waals surface area contributed by atoms with E-state index in [1.165, 1.54) is 11.8 Å². The number of aromatic amines is 1. The zero-order valence-electron chi connectivity index (χ0n) is 28.9. The van der Waals surface area contributed by atoms with Crippen LogP contribution in [0.2, 0.25) is 0 Å². The van der Waals surface area contributed by atoms with Crippen molar-refractivity contribution in [3.8, 4) is 0 Å². The van der Waals surface area contributed by atoms with E-state index in [2.05, 4.69) is 20.9 Å². The van der Waals surface area contributed by atoms with E-state index >= 15 is 0 Å². The fraction of sp³-hybridized carbons (Fsp3) is 0.268. The van der Waals surface area contributed by atoms with Crippen LogP contribution in [-0.4, -0.2) is 64.8 Å². The number of ketones is 1. The normalized spacial score (nSPS) is 16.6. The summed E-state index contributed by atoms with van der Waals surface area (Å²) in [6.07, 6.45) is 1.44. The largest absolute Gasteiger partial charge is 0.445 e. The Morgan fingerprint density at radius 1 is 0.731 bits per heavy atom. The SMILES string of the molecule is CC1(C(=O)C(Cc2ccccc2)NC(=O)C(Cc2c[nH]c3ccccc23)NC(=O)C(CSCc2ccccc2)NC(=O)OCc2ccccc2)CO1. The highest BCUT2D eigenvalue weighted by atomic mass is 32.2. The van der Waals surface area contributed by atoms with Gasteiger partial charge in [0.25, 0.3) is 0 Å². The lowest BCUT2D eigenvalue weighted by atomic mass is 9.94. The zero-order chi connectivity index (χ0) is 36.3. The maximum absolute atomic E-state index is 14.3. The van der Waals surface area contributed by atoms with Gasteiger partial charge in [0.1, 0.15) is 24.3 Å². The Labute approximate surface area is 307 Å². The van der Waals surface area contributed by atoms with E-state index < -0.39 is 41.6 Å². The fourth-order valence-electron chi connectivity index (χ4n) is 5.91. The topological polar surface area (TPSA) is 142 Å². The second kappa shape index (κ2) is 17.2. The van der Waals surface area contributed by atoms with Crippen LogP contribution < -0.4 is 16.0 Å². The molecule has 0 saturated carbocycles. The minimum Gasteiger partial charge on any atom is -0.445 e. The number of carbonyl (C=O) groups excluding carboxylic acids is 4. The van der Waals surface area contributed by atoms with Gasteiger partial charge in [0, 0.05) is 35.0 Å². The number of rotatable bonds is 17. The molecule has 4 unspecified atom stereocenters. The predicted octanol–water partition coefficient (Wildman–Crippen LogP) is 5.51. The molecule has 2 heterocycles. The van der Waals surface area contributed by atoms with Gasteiger partial charge in [-0.2, -0.15) is 11.8 Å². The quantitative estimate of drug-likeness (QED) is 0.0930. The van der Waals surface area contributed by atoms with Gasteiger partial charge in [-0.15, -0.1) is 0 Å². The Balaban J connectivity index is 1.22. The number of H-pyrrole nitrogens is 1. The molecule has 0 spiro atoms. The van der Waals surface area contributed by atoms with Crippen LogP contribution in [0.4, 0.5) is 4.79 Å². The van der Waals surface area contributed by atoms with Gasteiger partial charge in [-0.1, -0.05) is 109 Å². The number of alkyl carbamates (subject to hydrolysis) is 1. The molecule has 1 fully saturated rings. The van der Waals surface area contributed by atoms with Crippen LogP contribution in [0.25, 0.3) is 10.9 Å². The van der Waals surface area contributed by atoms with Crippen molar-refractivity contribution in [1.82, 2.24) is 20.9 Å². The first-order valence-electron chi connectivity index (χ1n) is 17.2. The third-order valence-electron chi connectivity index (χ3n) is 8.96. The molecule has 1 saturated heterocycles. The van der Waals surface area contributed by atoms with Crippen LogP contribution in [0.15, 0.2) is 121 Å². The number of benzene rings is 4. The molecular formula is C41H42N4O6S. The summed E-state index contributed by atoms with van der Waals surface area (Å²) in [6.45, 7) is 2.02. The molecule has 0 bridgehead atoms. The maximum atomic E-state index is 14.3. The molecule has 5 aromatic rings. The van der Waals surface area contributed by atoms with E-state index in [4.69, 9.17) is 9.47 Å². The number of thioether (sulfide) groups is 1. The van der Waals surface area contributed by atoms with E-state index in [1.807, 2.05) is 121 Å². The number of para-hydroxylation sites is 1. The summed E-state index contributed by atoms with van der Waals surface area (Å²) in [4.78, 5) is 58.3. The Bertz CT molecular complexity index is 1970. The van der Waals surface area contributed by atoms with Crippen molar-refractivity contribution in [3.63, 3.8) is 0 Å². The first-order valence-corrected chi connectivity index (χ1v) is 18.4. The molecule has 0 aliphatic carbocycles. The number of hydrogen-bond donors (Lipinski definition) is 4. The van der Waals surface area contributed by atoms with E-state index in [-0.39, 0.29) is 37.6 Å². The molecule has 10 nitrogen and oxygen atoms in total. The number of nitrogens with one attached hydrogen (secondary N) is 4. The predicted molar refractivity (Wildman–Crippen MR) is 202 cm³/mol. The van der Waals surface area contributed by atoms with Crippen molar-refractivity contribution in [2.24, 2.45) is 0 Å². The molecule has 1 aromatic heterocycles. The van der Waals surface area contributed by atoms with Gasteiger partial charge in [0.2, 0.25) is 11.8 Å². The lowest BCUT2D eigenvalue weighted by molar-refractivity contribution is -0.133. The molecule has 4 N–H and O–H groups in total. The van der Waals surface area contributed by atoms with Crippen LogP contribution >= 0.6 is 11.8 Å². The third kappa shape index (κ3) is 9.89. The van der Waals surface area contributed by atoms with Crippen LogP contribution in [0.1, 0.15) is 29.2 Å². The monoisotopic (exact) mass is 718 g/mol. The molecule has 4 aromatic carbocycles. The number of epoxide rings is 1. The minimum absolute atomic E-state index is 0.0310. The summed E-state index contributed by atoms with van der Waals surface area (Å²) in [5.41, 5.74) is 3.46. The Morgan fingerprint density at radius 3 is 1.98 bits per heavy atom. The number of Topliss-reactive ketones (excluding diaryl/α,β-unsaturated/α-hetero) is 1. The smallest absolute Gasteiger partial charge is 0.408 e. The third-order valence-corrected chi connectivity index (χ3v) is 10.1. The van der Waals surface area contributed by atoms with Crippen LogP contribution in [0.5, 0.6) is 0 Å². The summed E-state index contributed by atoms with van der Waals surface area (Å²) < 4.78 is 10.9. The lowest BCUT2D eigenvalue weighted by Gasteiger charge is -2.26. The summed E-state index contributed by atoms with van der Waals surface area (Å²) in [6, 6.07) is 33.2. The second-order valence-electron chi connectivity index (χ2n) is 13.0. The van der Waals surface area contributed by atoms with Crippen LogP contribution in [0, 0.1) is 0 Å². The molecule has 3 amide bonds. The molecule has 268 valence electrons. The van der Waals surface area contributed by atoms with Gasteiger partial charge < -0.3 is 30.4 Å². The lowest BCUT2D eigenvalue weighted by Crippen LogP contribution is -2.58. The highest BCUT2D eigenvalue weighted by molar-refractivity contribution is 7.98. The van der Waals surface area contributed by atoms with Crippen molar-refractivity contribution < 1.29 is 28.7 Å². The van der Waals surface area contributed by atoms with Gasteiger partial charge >= 0.3 is 6.09 Å². The van der Waals surface area contributed by atoms with E-state index in [0.29, 0.717) is 5.75 Å². The average Bonchev–Trinajstić information content (AvgIpc) is 3.80. The van der Waals surface area contributed by atoms with Gasteiger partial charge in [-0.25, -0.2) is 4.79 Å². The molecule has 4 atom stereocenters. The highest BCUT2D eigenvalue weighted by Gasteiger charge is 2.50. The molecule has 0 radical (unpaired) electrons. The van der Waals surface area contributed by atoms with Gasteiger partial charge in [0.15, 0.2) is 5.78 Å². The van der Waals surface area contributed by atoms with Crippen molar-refractivity contribution in [1.29, 1.82) is 0 Å². The number of amides is 3. The zero-order valence-corrected chi connectivity index (χ0v) is 29.7. The molecule has 1 aliphatic heterocycles. The molecule has 11 heteroatoms.